The van der Waals surface area contributed by atoms with Crippen LogP contribution < -0.4 is 4.72 Å². The molecular weight excluding hydrogens is 280 g/mol. The van der Waals surface area contributed by atoms with Crippen molar-refractivity contribution in [1.82, 2.24) is 9.88 Å². The van der Waals surface area contributed by atoms with Gasteiger partial charge in [-0.2, -0.15) is 0 Å². The Labute approximate surface area is 116 Å². The molecular formula is C13H14N2O4S. The second-order valence-electron chi connectivity index (χ2n) is 4.46. The number of aryl methyl sites for hydroxylation is 3. The summed E-state index contributed by atoms with van der Waals surface area (Å²) in [5.41, 5.74) is 1.36. The number of carbonyl (C=O) groups is 1. The molecule has 1 heterocycles. The summed E-state index contributed by atoms with van der Waals surface area (Å²) in [6, 6.07) is 6.66. The van der Waals surface area contributed by atoms with Gasteiger partial charge in [-0.3, -0.25) is 4.79 Å². The molecule has 1 amide bonds. The highest BCUT2D eigenvalue weighted by atomic mass is 32.2. The van der Waals surface area contributed by atoms with Crippen LogP contribution in [-0.4, -0.2) is 19.5 Å². The molecule has 0 spiro atoms. The summed E-state index contributed by atoms with van der Waals surface area (Å²) < 4.78 is 31.2. The third-order valence-corrected chi connectivity index (χ3v) is 4.32. The molecule has 2 rings (SSSR count). The lowest BCUT2D eigenvalue weighted by Gasteiger charge is -2.06. The van der Waals surface area contributed by atoms with Crippen LogP contribution in [0.5, 0.6) is 0 Å². The second kappa shape index (κ2) is 5.09. The van der Waals surface area contributed by atoms with E-state index in [9.17, 15) is 13.2 Å². The van der Waals surface area contributed by atoms with Crippen molar-refractivity contribution in [3.8, 4) is 0 Å². The van der Waals surface area contributed by atoms with Crippen molar-refractivity contribution in [2.24, 2.45) is 0 Å². The van der Waals surface area contributed by atoms with E-state index in [1.807, 2.05) is 17.7 Å². The lowest BCUT2D eigenvalue weighted by molar-refractivity contribution is 0.0981. The van der Waals surface area contributed by atoms with Gasteiger partial charge in [0.2, 0.25) is 0 Å². The minimum Gasteiger partial charge on any atom is -0.360 e. The molecule has 0 saturated carbocycles. The first-order chi connectivity index (χ1) is 9.31. The zero-order valence-corrected chi connectivity index (χ0v) is 12.1. The summed E-state index contributed by atoms with van der Waals surface area (Å²) >= 11 is 0. The predicted octanol–water partition coefficient (Wildman–Crippen LogP) is 1.72. The van der Waals surface area contributed by atoms with E-state index in [-0.39, 0.29) is 21.9 Å². The molecule has 106 valence electrons. The fraction of sp³-hybridized carbons (Fsp3) is 0.231. The monoisotopic (exact) mass is 294 g/mol. The number of hydrogen-bond acceptors (Lipinski definition) is 5. The standard InChI is InChI=1S/C13H14N2O4S/c1-8-5-4-6-11(7-8)13(16)15-20(17,18)12-9(2)14-19-10(12)3/h4-7H,1-3H3,(H,15,16). The molecule has 0 aliphatic rings. The maximum atomic E-state index is 12.2. The van der Waals surface area contributed by atoms with Crippen LogP contribution in [0.4, 0.5) is 0 Å². The number of sulfonamides is 1. The van der Waals surface area contributed by atoms with Crippen LogP contribution in [-0.2, 0) is 10.0 Å². The van der Waals surface area contributed by atoms with Crippen LogP contribution in [0.1, 0.15) is 27.4 Å². The Bertz CT molecular complexity index is 743. The molecule has 0 aliphatic heterocycles. The first-order valence-corrected chi connectivity index (χ1v) is 7.36. The van der Waals surface area contributed by atoms with Crippen molar-refractivity contribution in [2.45, 2.75) is 25.7 Å². The Morgan fingerprint density at radius 2 is 1.95 bits per heavy atom. The number of nitrogens with one attached hydrogen (secondary N) is 1. The number of amides is 1. The molecule has 0 aliphatic carbocycles. The zero-order chi connectivity index (χ0) is 14.9. The number of aromatic nitrogens is 1. The van der Waals surface area contributed by atoms with Gasteiger partial charge in [0.25, 0.3) is 15.9 Å². The lowest BCUT2D eigenvalue weighted by Crippen LogP contribution is -2.31. The largest absolute Gasteiger partial charge is 0.360 e. The summed E-state index contributed by atoms with van der Waals surface area (Å²) in [5, 5.41) is 3.57. The van der Waals surface area contributed by atoms with Crippen molar-refractivity contribution >= 4 is 15.9 Å². The van der Waals surface area contributed by atoms with Crippen LogP contribution >= 0.6 is 0 Å². The quantitative estimate of drug-likeness (QED) is 0.931. The van der Waals surface area contributed by atoms with Crippen LogP contribution in [0.15, 0.2) is 33.7 Å². The Morgan fingerprint density at radius 1 is 1.25 bits per heavy atom. The minimum absolute atomic E-state index is 0.0986. The molecule has 0 atom stereocenters. The lowest BCUT2D eigenvalue weighted by atomic mass is 10.1. The Hall–Kier alpha value is -2.15. The van der Waals surface area contributed by atoms with E-state index in [0.717, 1.165) is 5.56 Å². The molecule has 0 fully saturated rings. The van der Waals surface area contributed by atoms with Crippen molar-refractivity contribution < 1.29 is 17.7 Å². The molecule has 0 radical (unpaired) electrons. The van der Waals surface area contributed by atoms with E-state index in [1.54, 1.807) is 18.2 Å². The molecule has 20 heavy (non-hydrogen) atoms. The van der Waals surface area contributed by atoms with E-state index < -0.39 is 15.9 Å². The van der Waals surface area contributed by atoms with Gasteiger partial charge >= 0.3 is 0 Å². The maximum Gasteiger partial charge on any atom is 0.269 e. The first kappa shape index (κ1) is 14.3. The Balaban J connectivity index is 2.32. The number of nitrogens with zero attached hydrogens (tertiary/aromatic N) is 1. The van der Waals surface area contributed by atoms with Gasteiger partial charge in [-0.05, 0) is 32.9 Å². The van der Waals surface area contributed by atoms with Crippen molar-refractivity contribution in [1.29, 1.82) is 0 Å². The molecule has 7 heteroatoms. The van der Waals surface area contributed by atoms with E-state index in [1.165, 1.54) is 13.8 Å². The van der Waals surface area contributed by atoms with Crippen molar-refractivity contribution in [2.75, 3.05) is 0 Å². The first-order valence-electron chi connectivity index (χ1n) is 5.88. The smallest absolute Gasteiger partial charge is 0.269 e. The fourth-order valence-electron chi connectivity index (χ4n) is 1.88. The van der Waals surface area contributed by atoms with Gasteiger partial charge in [0, 0.05) is 5.56 Å². The maximum absolute atomic E-state index is 12.2. The van der Waals surface area contributed by atoms with Gasteiger partial charge in [0.15, 0.2) is 10.7 Å². The second-order valence-corrected chi connectivity index (χ2v) is 6.08. The molecule has 0 saturated heterocycles. The van der Waals surface area contributed by atoms with Crippen LogP contribution in [0.2, 0.25) is 0 Å². The minimum atomic E-state index is -3.99. The van der Waals surface area contributed by atoms with Crippen molar-refractivity contribution in [3.05, 3.63) is 46.8 Å². The van der Waals surface area contributed by atoms with Gasteiger partial charge in [-0.15, -0.1) is 0 Å². The predicted molar refractivity (Wildman–Crippen MR) is 71.8 cm³/mol. The van der Waals surface area contributed by atoms with E-state index in [2.05, 4.69) is 5.16 Å². The van der Waals surface area contributed by atoms with Crippen LogP contribution in [0, 0.1) is 20.8 Å². The highest BCUT2D eigenvalue weighted by Gasteiger charge is 2.26. The van der Waals surface area contributed by atoms with Gasteiger partial charge in [-0.25, -0.2) is 13.1 Å². The molecule has 1 N–H and O–H groups in total. The highest BCUT2D eigenvalue weighted by molar-refractivity contribution is 7.90. The van der Waals surface area contributed by atoms with Gasteiger partial charge in [-0.1, -0.05) is 22.9 Å². The summed E-state index contributed by atoms with van der Waals surface area (Å²) in [7, 11) is -3.99. The molecule has 1 aromatic heterocycles. The normalized spacial score (nSPS) is 11.3. The average Bonchev–Trinajstić information content (AvgIpc) is 2.69. The van der Waals surface area contributed by atoms with Gasteiger partial charge < -0.3 is 4.52 Å². The third kappa shape index (κ3) is 2.72. The summed E-state index contributed by atoms with van der Waals surface area (Å²) in [5.74, 6) is -0.541. The van der Waals surface area contributed by atoms with E-state index >= 15 is 0 Å². The number of carbonyl (C=O) groups excluding carboxylic acids is 1. The topological polar surface area (TPSA) is 89.3 Å². The number of rotatable bonds is 3. The third-order valence-electron chi connectivity index (χ3n) is 2.74. The van der Waals surface area contributed by atoms with Crippen molar-refractivity contribution in [3.63, 3.8) is 0 Å². The molecule has 6 nitrogen and oxygen atoms in total. The molecule has 0 unspecified atom stereocenters. The number of hydrogen-bond donors (Lipinski definition) is 1. The van der Waals surface area contributed by atoms with E-state index in [0.29, 0.717) is 0 Å². The van der Waals surface area contributed by atoms with Gasteiger partial charge in [0.05, 0.1) is 0 Å². The Kier molecular flexibility index (Phi) is 3.63. The Morgan fingerprint density at radius 3 is 2.50 bits per heavy atom. The highest BCUT2D eigenvalue weighted by Crippen LogP contribution is 2.19. The summed E-state index contributed by atoms with van der Waals surface area (Å²) in [6.07, 6.45) is 0. The average molecular weight is 294 g/mol. The summed E-state index contributed by atoms with van der Waals surface area (Å²) in [6.45, 7) is 4.80. The molecule has 2 aromatic rings. The molecule has 0 bridgehead atoms. The SMILES string of the molecule is Cc1cccc(C(=O)NS(=O)(=O)c2c(C)noc2C)c1. The number of benzene rings is 1. The van der Waals surface area contributed by atoms with Gasteiger partial charge in [0.1, 0.15) is 5.69 Å². The fourth-order valence-corrected chi connectivity index (χ4v) is 3.18. The zero-order valence-electron chi connectivity index (χ0n) is 11.3. The van der Waals surface area contributed by atoms with Crippen LogP contribution in [0.3, 0.4) is 0 Å². The van der Waals surface area contributed by atoms with Crippen LogP contribution in [0.25, 0.3) is 0 Å². The van der Waals surface area contributed by atoms with E-state index in [4.69, 9.17) is 4.52 Å². The molecule has 1 aromatic carbocycles. The summed E-state index contributed by atoms with van der Waals surface area (Å²) in [4.78, 5) is 11.9.